The van der Waals surface area contributed by atoms with Gasteiger partial charge in [-0.1, -0.05) is 25.1 Å². The third-order valence-electron chi connectivity index (χ3n) is 2.19. The van der Waals surface area contributed by atoms with Crippen molar-refractivity contribution in [3.8, 4) is 0 Å². The summed E-state index contributed by atoms with van der Waals surface area (Å²) in [5.74, 6) is 0. The molecular weight excluding hydrogens is 208 g/mol. The van der Waals surface area contributed by atoms with Crippen LogP contribution in [0.15, 0.2) is 0 Å². The Morgan fingerprint density at radius 3 is 2.46 bits per heavy atom. The lowest BCUT2D eigenvalue weighted by Gasteiger charge is -2.11. The molecule has 0 aromatic rings. The van der Waals surface area contributed by atoms with Gasteiger partial charge in [0.1, 0.15) is 0 Å². The van der Waals surface area contributed by atoms with Gasteiger partial charge in [-0.25, -0.2) is 13.1 Å². The van der Waals surface area contributed by atoms with Gasteiger partial charge in [0, 0.05) is 0 Å². The van der Waals surface area contributed by atoms with Crippen LogP contribution in [0.3, 0.4) is 0 Å². The molecule has 0 heterocycles. The van der Waals surface area contributed by atoms with Crippen molar-refractivity contribution in [2.75, 3.05) is 6.54 Å². The molecule has 1 aliphatic carbocycles. The van der Waals surface area contributed by atoms with Crippen LogP contribution in [0.2, 0.25) is 0 Å². The molecule has 1 rings (SSSR count). The summed E-state index contributed by atoms with van der Waals surface area (Å²) >= 11 is 4.59. The Balaban J connectivity index is 2.50. The fourth-order valence-corrected chi connectivity index (χ4v) is 3.20. The molecule has 1 fully saturated rings. The molecule has 0 aromatic carbocycles. The lowest BCUT2D eigenvalue weighted by atomic mass is 10.4. The molecule has 0 aromatic heterocycles. The summed E-state index contributed by atoms with van der Waals surface area (Å²) < 4.78 is 25.4. The van der Waals surface area contributed by atoms with Gasteiger partial charge in [-0.3, -0.25) is 0 Å². The quantitative estimate of drug-likeness (QED) is 0.663. The third-order valence-corrected chi connectivity index (χ3v) is 4.23. The smallest absolute Gasteiger partial charge is 0.214 e. The van der Waals surface area contributed by atoms with Gasteiger partial charge in [-0.05, 0) is 12.8 Å². The van der Waals surface area contributed by atoms with Crippen molar-refractivity contribution in [2.24, 2.45) is 5.73 Å². The SMILES string of the molecule is NC(=S)CNS(=O)(=O)C1CCCC1. The lowest BCUT2D eigenvalue weighted by molar-refractivity contribution is 0.569. The van der Waals surface area contributed by atoms with E-state index >= 15 is 0 Å². The standard InChI is InChI=1S/C7H14N2O2S2/c8-7(12)5-9-13(10,11)6-3-1-2-4-6/h6,9H,1-5H2,(H2,8,12). The summed E-state index contributed by atoms with van der Waals surface area (Å²) in [6.07, 6.45) is 3.51. The number of sulfonamides is 1. The maximum Gasteiger partial charge on any atom is 0.214 e. The second kappa shape index (κ2) is 4.34. The molecule has 13 heavy (non-hydrogen) atoms. The molecule has 0 bridgehead atoms. The van der Waals surface area contributed by atoms with Crippen LogP contribution in [0.4, 0.5) is 0 Å². The fourth-order valence-electron chi connectivity index (χ4n) is 1.49. The maximum atomic E-state index is 11.5. The number of nitrogens with one attached hydrogen (secondary N) is 1. The van der Waals surface area contributed by atoms with Crippen molar-refractivity contribution in [1.29, 1.82) is 0 Å². The first-order valence-electron chi connectivity index (χ1n) is 4.29. The summed E-state index contributed by atoms with van der Waals surface area (Å²) in [4.78, 5) is 0.182. The Hall–Kier alpha value is -0.200. The van der Waals surface area contributed by atoms with Crippen molar-refractivity contribution >= 4 is 27.2 Å². The van der Waals surface area contributed by atoms with Gasteiger partial charge in [0.2, 0.25) is 10.0 Å². The highest BCUT2D eigenvalue weighted by Crippen LogP contribution is 2.23. The van der Waals surface area contributed by atoms with Crippen molar-refractivity contribution in [1.82, 2.24) is 4.72 Å². The number of thiocarbonyl (C=S) groups is 1. The Morgan fingerprint density at radius 1 is 1.46 bits per heavy atom. The van der Waals surface area contributed by atoms with Crippen molar-refractivity contribution in [3.05, 3.63) is 0 Å². The molecule has 0 unspecified atom stereocenters. The van der Waals surface area contributed by atoms with Crippen LogP contribution in [-0.4, -0.2) is 25.2 Å². The molecule has 0 aliphatic heterocycles. The zero-order valence-corrected chi connectivity index (χ0v) is 8.96. The highest BCUT2D eigenvalue weighted by atomic mass is 32.2. The number of hydrogen-bond acceptors (Lipinski definition) is 3. The zero-order chi connectivity index (χ0) is 9.90. The van der Waals surface area contributed by atoms with Gasteiger partial charge in [0.15, 0.2) is 0 Å². The second-order valence-electron chi connectivity index (χ2n) is 3.24. The van der Waals surface area contributed by atoms with Crippen LogP contribution in [0.5, 0.6) is 0 Å². The van der Waals surface area contributed by atoms with E-state index in [-0.39, 0.29) is 16.8 Å². The van der Waals surface area contributed by atoms with E-state index < -0.39 is 10.0 Å². The molecule has 6 heteroatoms. The fraction of sp³-hybridized carbons (Fsp3) is 0.857. The van der Waals surface area contributed by atoms with Crippen LogP contribution >= 0.6 is 12.2 Å². The Morgan fingerprint density at radius 2 is 2.00 bits per heavy atom. The topological polar surface area (TPSA) is 72.2 Å². The van der Waals surface area contributed by atoms with E-state index in [2.05, 4.69) is 16.9 Å². The van der Waals surface area contributed by atoms with Crippen LogP contribution in [-0.2, 0) is 10.0 Å². The van der Waals surface area contributed by atoms with E-state index in [1.807, 2.05) is 0 Å². The van der Waals surface area contributed by atoms with Crippen LogP contribution in [0.1, 0.15) is 25.7 Å². The first-order valence-corrected chi connectivity index (χ1v) is 6.24. The minimum Gasteiger partial charge on any atom is -0.392 e. The van der Waals surface area contributed by atoms with Crippen LogP contribution in [0, 0.1) is 0 Å². The van der Waals surface area contributed by atoms with E-state index in [4.69, 9.17) is 5.73 Å². The van der Waals surface area contributed by atoms with E-state index in [1.54, 1.807) is 0 Å². The first-order chi connectivity index (χ1) is 6.02. The summed E-state index contributed by atoms with van der Waals surface area (Å²) in [5.41, 5.74) is 5.20. The minimum absolute atomic E-state index is 0.0775. The van der Waals surface area contributed by atoms with Gasteiger partial charge in [0.25, 0.3) is 0 Å². The lowest BCUT2D eigenvalue weighted by Crippen LogP contribution is -2.37. The van der Waals surface area contributed by atoms with E-state index in [1.165, 1.54) is 0 Å². The van der Waals surface area contributed by atoms with Gasteiger partial charge < -0.3 is 5.73 Å². The molecule has 0 atom stereocenters. The van der Waals surface area contributed by atoms with Crippen molar-refractivity contribution in [3.63, 3.8) is 0 Å². The zero-order valence-electron chi connectivity index (χ0n) is 7.32. The number of rotatable bonds is 4. The highest BCUT2D eigenvalue weighted by molar-refractivity contribution is 7.90. The van der Waals surface area contributed by atoms with Crippen LogP contribution in [0.25, 0.3) is 0 Å². The predicted octanol–water partition coefficient (Wildman–Crippen LogP) is 0.134. The molecule has 76 valence electrons. The molecular formula is C7H14N2O2S2. The van der Waals surface area contributed by atoms with Crippen LogP contribution < -0.4 is 10.5 Å². The second-order valence-corrected chi connectivity index (χ2v) is 5.81. The molecule has 0 amide bonds. The molecule has 4 nitrogen and oxygen atoms in total. The molecule has 0 radical (unpaired) electrons. The Labute approximate surface area is 83.9 Å². The summed E-state index contributed by atoms with van der Waals surface area (Å²) in [6, 6.07) is 0. The third kappa shape index (κ3) is 3.21. The number of hydrogen-bond donors (Lipinski definition) is 2. The van der Waals surface area contributed by atoms with Crippen molar-refractivity contribution < 1.29 is 8.42 Å². The summed E-state index contributed by atoms with van der Waals surface area (Å²) in [5, 5.41) is -0.234. The average Bonchev–Trinajstić information content (AvgIpc) is 2.53. The molecule has 3 N–H and O–H groups in total. The largest absolute Gasteiger partial charge is 0.392 e. The molecule has 1 saturated carbocycles. The predicted molar refractivity (Wildman–Crippen MR) is 56.0 cm³/mol. The number of nitrogens with two attached hydrogens (primary N) is 1. The average molecular weight is 222 g/mol. The molecule has 0 saturated heterocycles. The summed E-state index contributed by atoms with van der Waals surface area (Å²) in [6.45, 7) is 0.0775. The van der Waals surface area contributed by atoms with E-state index in [9.17, 15) is 8.42 Å². The van der Waals surface area contributed by atoms with Gasteiger partial charge >= 0.3 is 0 Å². The van der Waals surface area contributed by atoms with Gasteiger partial charge in [-0.15, -0.1) is 0 Å². The maximum absolute atomic E-state index is 11.5. The van der Waals surface area contributed by atoms with Gasteiger partial charge in [-0.2, -0.15) is 0 Å². The summed E-state index contributed by atoms with van der Waals surface area (Å²) in [7, 11) is -3.17. The van der Waals surface area contributed by atoms with E-state index in [0.717, 1.165) is 25.7 Å². The Bertz CT molecular complexity index is 281. The Kier molecular flexibility index (Phi) is 3.63. The normalized spacial score (nSPS) is 19.1. The minimum atomic E-state index is -3.17. The monoisotopic (exact) mass is 222 g/mol. The first kappa shape index (κ1) is 10.9. The molecule has 1 aliphatic rings. The molecule has 0 spiro atoms. The highest BCUT2D eigenvalue weighted by Gasteiger charge is 2.28. The van der Waals surface area contributed by atoms with Gasteiger partial charge in [0.05, 0.1) is 16.8 Å². The van der Waals surface area contributed by atoms with E-state index in [0.29, 0.717) is 0 Å². The van der Waals surface area contributed by atoms with Crippen molar-refractivity contribution in [2.45, 2.75) is 30.9 Å².